The van der Waals surface area contributed by atoms with E-state index in [1.807, 2.05) is 13.0 Å². The molecule has 2 aromatic rings. The Hall–Kier alpha value is -2.69. The van der Waals surface area contributed by atoms with Gasteiger partial charge in [0.05, 0.1) is 12.7 Å². The molecule has 0 saturated carbocycles. The number of hydrogen-bond acceptors (Lipinski definition) is 5. The van der Waals surface area contributed by atoms with Gasteiger partial charge in [0.15, 0.2) is 17.3 Å². The lowest BCUT2D eigenvalue weighted by Crippen LogP contribution is -1.94. The van der Waals surface area contributed by atoms with Gasteiger partial charge in [0, 0.05) is 0 Å². The topological polar surface area (TPSA) is 57.9 Å². The standard InChI is InChI=1S/C17H16O5/c1-10-6-13(11(2)22-10)14(18)5-4-12-7-15(19-3)17-16(8-12)20-9-21-17/h4-8H,9H2,1-3H3/b5-4+. The molecule has 1 aromatic heterocycles. The second-order valence-corrected chi connectivity index (χ2v) is 4.98. The van der Waals surface area contributed by atoms with Gasteiger partial charge in [-0.25, -0.2) is 0 Å². The fourth-order valence-corrected chi connectivity index (χ4v) is 2.38. The molecule has 0 fully saturated rings. The summed E-state index contributed by atoms with van der Waals surface area (Å²) < 4.78 is 21.3. The van der Waals surface area contributed by atoms with Crippen LogP contribution in [-0.2, 0) is 0 Å². The summed E-state index contributed by atoms with van der Waals surface area (Å²) in [6, 6.07) is 5.34. The molecule has 3 rings (SSSR count). The van der Waals surface area contributed by atoms with Crippen molar-refractivity contribution < 1.29 is 23.4 Å². The first kappa shape index (κ1) is 14.3. The molecule has 0 atom stereocenters. The Morgan fingerprint density at radius 3 is 2.73 bits per heavy atom. The number of allylic oxidation sites excluding steroid dienone is 1. The van der Waals surface area contributed by atoms with Gasteiger partial charge in [0.2, 0.25) is 12.5 Å². The third-order valence-corrected chi connectivity index (χ3v) is 3.41. The zero-order valence-corrected chi connectivity index (χ0v) is 12.6. The van der Waals surface area contributed by atoms with Gasteiger partial charge in [-0.2, -0.15) is 0 Å². The zero-order chi connectivity index (χ0) is 15.7. The van der Waals surface area contributed by atoms with Crippen molar-refractivity contribution in [1.82, 2.24) is 0 Å². The van der Waals surface area contributed by atoms with Gasteiger partial charge >= 0.3 is 0 Å². The minimum Gasteiger partial charge on any atom is -0.493 e. The highest BCUT2D eigenvalue weighted by atomic mass is 16.7. The fourth-order valence-electron chi connectivity index (χ4n) is 2.38. The van der Waals surface area contributed by atoms with E-state index in [2.05, 4.69) is 0 Å². The monoisotopic (exact) mass is 300 g/mol. The highest BCUT2D eigenvalue weighted by Gasteiger charge is 2.19. The molecule has 0 spiro atoms. The largest absolute Gasteiger partial charge is 0.493 e. The van der Waals surface area contributed by atoms with Gasteiger partial charge < -0.3 is 18.6 Å². The Bertz CT molecular complexity index is 755. The summed E-state index contributed by atoms with van der Waals surface area (Å²) in [5.74, 6) is 3.02. The van der Waals surface area contributed by atoms with E-state index in [-0.39, 0.29) is 12.6 Å². The van der Waals surface area contributed by atoms with Crippen LogP contribution in [0.15, 0.2) is 28.7 Å². The van der Waals surface area contributed by atoms with Crippen LogP contribution in [0.2, 0.25) is 0 Å². The number of ether oxygens (including phenoxy) is 3. The van der Waals surface area contributed by atoms with Gasteiger partial charge in [-0.15, -0.1) is 0 Å². The van der Waals surface area contributed by atoms with Crippen LogP contribution in [0, 0.1) is 13.8 Å². The second-order valence-electron chi connectivity index (χ2n) is 4.98. The first-order chi connectivity index (χ1) is 10.6. The molecule has 1 aromatic carbocycles. The normalized spacial score (nSPS) is 12.9. The number of carbonyl (C=O) groups excluding carboxylic acids is 1. The predicted molar refractivity (Wildman–Crippen MR) is 80.7 cm³/mol. The van der Waals surface area contributed by atoms with E-state index in [4.69, 9.17) is 18.6 Å². The Kier molecular flexibility index (Phi) is 3.63. The molecule has 0 bridgehead atoms. The number of furan rings is 1. The summed E-state index contributed by atoms with van der Waals surface area (Å²) in [6.07, 6.45) is 3.23. The Morgan fingerprint density at radius 2 is 2.05 bits per heavy atom. The van der Waals surface area contributed by atoms with Crippen molar-refractivity contribution >= 4 is 11.9 Å². The summed E-state index contributed by atoms with van der Waals surface area (Å²) in [6.45, 7) is 3.76. The molecule has 5 nitrogen and oxygen atoms in total. The van der Waals surface area contributed by atoms with Crippen molar-refractivity contribution in [1.29, 1.82) is 0 Å². The molecule has 0 N–H and O–H groups in total. The van der Waals surface area contributed by atoms with Crippen molar-refractivity contribution in [2.24, 2.45) is 0 Å². The van der Waals surface area contributed by atoms with Crippen molar-refractivity contribution in [2.75, 3.05) is 13.9 Å². The minimum absolute atomic E-state index is 0.106. The molecule has 1 aliphatic rings. The van der Waals surface area contributed by atoms with Gasteiger partial charge in [-0.1, -0.05) is 6.08 Å². The van der Waals surface area contributed by atoms with Crippen LogP contribution in [0.4, 0.5) is 0 Å². The molecule has 1 aliphatic heterocycles. The predicted octanol–water partition coefficient (Wildman–Crippen LogP) is 3.53. The summed E-state index contributed by atoms with van der Waals surface area (Å²) in [7, 11) is 1.56. The molecule has 5 heteroatoms. The summed E-state index contributed by atoms with van der Waals surface area (Å²) in [5.41, 5.74) is 1.37. The number of methoxy groups -OCH3 is 1. The van der Waals surface area contributed by atoms with Crippen molar-refractivity contribution in [3.63, 3.8) is 0 Å². The Labute approximate surface area is 128 Å². The van der Waals surface area contributed by atoms with Gasteiger partial charge in [-0.05, 0) is 43.7 Å². The lowest BCUT2D eigenvalue weighted by molar-refractivity contribution is 0.104. The van der Waals surface area contributed by atoms with E-state index in [1.54, 1.807) is 32.2 Å². The van der Waals surface area contributed by atoms with Gasteiger partial charge in [-0.3, -0.25) is 4.79 Å². The summed E-state index contributed by atoms with van der Waals surface area (Å²) in [4.78, 5) is 12.2. The van der Waals surface area contributed by atoms with Crippen LogP contribution in [0.1, 0.15) is 27.4 Å². The molecule has 0 saturated heterocycles. The lowest BCUT2D eigenvalue weighted by atomic mass is 10.1. The maximum Gasteiger partial charge on any atom is 0.231 e. The minimum atomic E-state index is -0.106. The Balaban J connectivity index is 1.87. The first-order valence-electron chi connectivity index (χ1n) is 6.85. The van der Waals surface area contributed by atoms with E-state index in [1.165, 1.54) is 6.08 Å². The van der Waals surface area contributed by atoms with E-state index < -0.39 is 0 Å². The molecule has 22 heavy (non-hydrogen) atoms. The molecule has 0 amide bonds. The van der Waals surface area contributed by atoms with Crippen LogP contribution >= 0.6 is 0 Å². The quantitative estimate of drug-likeness (QED) is 0.638. The van der Waals surface area contributed by atoms with Crippen molar-refractivity contribution in [3.8, 4) is 17.2 Å². The zero-order valence-electron chi connectivity index (χ0n) is 12.6. The van der Waals surface area contributed by atoms with Crippen molar-refractivity contribution in [2.45, 2.75) is 13.8 Å². The smallest absolute Gasteiger partial charge is 0.231 e. The molecule has 2 heterocycles. The Morgan fingerprint density at radius 1 is 1.23 bits per heavy atom. The maximum atomic E-state index is 12.2. The third-order valence-electron chi connectivity index (χ3n) is 3.41. The number of rotatable bonds is 4. The number of fused-ring (bicyclic) bond motifs is 1. The van der Waals surface area contributed by atoms with Gasteiger partial charge in [0.25, 0.3) is 0 Å². The highest BCUT2D eigenvalue weighted by Crippen LogP contribution is 2.42. The van der Waals surface area contributed by atoms with E-state index in [0.29, 0.717) is 28.6 Å². The molecular formula is C17H16O5. The number of aryl methyl sites for hydroxylation is 2. The average Bonchev–Trinajstić information content (AvgIpc) is 3.09. The third kappa shape index (κ3) is 2.57. The van der Waals surface area contributed by atoms with Crippen LogP contribution < -0.4 is 14.2 Å². The van der Waals surface area contributed by atoms with E-state index >= 15 is 0 Å². The number of carbonyl (C=O) groups is 1. The molecule has 0 unspecified atom stereocenters. The summed E-state index contributed by atoms with van der Waals surface area (Å²) >= 11 is 0. The molecular weight excluding hydrogens is 284 g/mol. The lowest BCUT2D eigenvalue weighted by Gasteiger charge is -2.05. The number of benzene rings is 1. The summed E-state index contributed by atoms with van der Waals surface area (Å²) in [5, 5.41) is 0. The molecule has 0 radical (unpaired) electrons. The van der Waals surface area contributed by atoms with Crippen molar-refractivity contribution in [3.05, 3.63) is 46.9 Å². The second kappa shape index (κ2) is 5.60. The van der Waals surface area contributed by atoms with Crippen LogP contribution in [0.25, 0.3) is 6.08 Å². The first-order valence-corrected chi connectivity index (χ1v) is 6.85. The fraction of sp³-hybridized carbons (Fsp3) is 0.235. The average molecular weight is 300 g/mol. The maximum absolute atomic E-state index is 12.2. The van der Waals surface area contributed by atoms with E-state index in [9.17, 15) is 4.79 Å². The van der Waals surface area contributed by atoms with Crippen LogP contribution in [-0.4, -0.2) is 19.7 Å². The molecule has 114 valence electrons. The van der Waals surface area contributed by atoms with Crippen LogP contribution in [0.5, 0.6) is 17.2 Å². The van der Waals surface area contributed by atoms with E-state index in [0.717, 1.165) is 11.3 Å². The highest BCUT2D eigenvalue weighted by molar-refractivity contribution is 6.07. The van der Waals surface area contributed by atoms with Crippen LogP contribution in [0.3, 0.4) is 0 Å². The van der Waals surface area contributed by atoms with Gasteiger partial charge in [0.1, 0.15) is 11.5 Å². The molecule has 0 aliphatic carbocycles. The SMILES string of the molecule is COc1cc(/C=C/C(=O)c2cc(C)oc2C)cc2c1OCO2. The number of ketones is 1. The number of hydrogen-bond donors (Lipinski definition) is 0.